The van der Waals surface area contributed by atoms with Crippen molar-refractivity contribution in [3.05, 3.63) is 12.2 Å². The van der Waals surface area contributed by atoms with Crippen LogP contribution >= 0.6 is 0 Å². The van der Waals surface area contributed by atoms with Gasteiger partial charge in [0.25, 0.3) is 0 Å². The monoisotopic (exact) mass is 316 g/mol. The van der Waals surface area contributed by atoms with Gasteiger partial charge in [-0.1, -0.05) is 31.9 Å². The molecular weight excluding hydrogens is 280 g/mol. The lowest BCUT2D eigenvalue weighted by molar-refractivity contribution is -0.108. The highest BCUT2D eigenvalue weighted by atomic mass is 16.3. The third-order valence-corrected chi connectivity index (χ3v) is 9.28. The fraction of sp³-hybridized carbons (Fsp3) is 0.909. The molecule has 4 rings (SSSR count). The van der Waals surface area contributed by atoms with E-state index in [0.717, 1.165) is 23.7 Å². The zero-order valence-electron chi connectivity index (χ0n) is 15.3. The van der Waals surface area contributed by atoms with Crippen LogP contribution < -0.4 is 0 Å². The van der Waals surface area contributed by atoms with Gasteiger partial charge < -0.3 is 5.11 Å². The van der Waals surface area contributed by atoms with E-state index >= 15 is 0 Å². The summed E-state index contributed by atoms with van der Waals surface area (Å²) < 4.78 is 0. The summed E-state index contributed by atoms with van der Waals surface area (Å²) >= 11 is 0. The molecule has 0 bridgehead atoms. The smallest absolute Gasteiger partial charge is 0.0467 e. The number of allylic oxidation sites excluding steroid dienone is 1. The van der Waals surface area contributed by atoms with Crippen LogP contribution in [0.3, 0.4) is 0 Å². The van der Waals surface area contributed by atoms with E-state index in [1.807, 2.05) is 0 Å². The van der Waals surface area contributed by atoms with Crippen molar-refractivity contribution < 1.29 is 5.11 Å². The molecule has 4 saturated carbocycles. The van der Waals surface area contributed by atoms with Crippen LogP contribution in [0, 0.1) is 40.4 Å². The Hall–Kier alpha value is -0.300. The van der Waals surface area contributed by atoms with Gasteiger partial charge in [0.05, 0.1) is 0 Å². The maximum Gasteiger partial charge on any atom is 0.0467 e. The van der Waals surface area contributed by atoms with Crippen LogP contribution in [0.4, 0.5) is 0 Å². The third kappa shape index (κ3) is 2.08. The standard InChI is InChI=1S/C22H36O/c1-15(2)22-13-11-19-18(20(22)10-8-17(22)14-23)9-7-16-6-4-5-12-21(16,19)3/h16-20,23H,1,4-14H2,2-3H3/t16-,17-,18-,19+,20+,21+,22+/m1/s1. The molecular formula is C22H36O. The molecule has 4 aliphatic rings. The second-order valence-corrected chi connectivity index (χ2v) is 9.72. The van der Waals surface area contributed by atoms with E-state index in [2.05, 4.69) is 20.4 Å². The number of aliphatic hydroxyl groups excluding tert-OH is 1. The number of aliphatic hydroxyl groups is 1. The summed E-state index contributed by atoms with van der Waals surface area (Å²) in [5, 5.41) is 10.0. The first kappa shape index (κ1) is 16.2. The Morgan fingerprint density at radius 3 is 2.57 bits per heavy atom. The van der Waals surface area contributed by atoms with Gasteiger partial charge in [-0.2, -0.15) is 0 Å². The molecule has 0 aliphatic heterocycles. The lowest BCUT2D eigenvalue weighted by atomic mass is 9.44. The highest BCUT2D eigenvalue weighted by Crippen LogP contribution is 2.68. The lowest BCUT2D eigenvalue weighted by Crippen LogP contribution is -2.53. The van der Waals surface area contributed by atoms with Crippen molar-refractivity contribution in [1.82, 2.24) is 0 Å². The number of hydrogen-bond acceptors (Lipinski definition) is 1. The zero-order chi connectivity index (χ0) is 16.2. The van der Waals surface area contributed by atoms with Gasteiger partial charge in [0.15, 0.2) is 0 Å². The first-order chi connectivity index (χ1) is 11.0. The summed E-state index contributed by atoms with van der Waals surface area (Å²) in [6, 6.07) is 0. The predicted octanol–water partition coefficient (Wildman–Crippen LogP) is 5.58. The molecule has 130 valence electrons. The fourth-order valence-corrected chi connectivity index (χ4v) is 8.21. The van der Waals surface area contributed by atoms with Crippen LogP contribution in [-0.2, 0) is 0 Å². The van der Waals surface area contributed by atoms with Gasteiger partial charge in [-0.05, 0) is 98.7 Å². The van der Waals surface area contributed by atoms with E-state index in [-0.39, 0.29) is 5.41 Å². The predicted molar refractivity (Wildman–Crippen MR) is 96.1 cm³/mol. The van der Waals surface area contributed by atoms with Crippen LogP contribution in [0.1, 0.15) is 78.1 Å². The van der Waals surface area contributed by atoms with E-state index in [0.29, 0.717) is 17.9 Å². The zero-order valence-corrected chi connectivity index (χ0v) is 15.3. The molecule has 0 spiro atoms. The first-order valence-electron chi connectivity index (χ1n) is 10.3. The number of fused-ring (bicyclic) bond motifs is 5. The fourth-order valence-electron chi connectivity index (χ4n) is 8.21. The summed E-state index contributed by atoms with van der Waals surface area (Å²) in [4.78, 5) is 0. The van der Waals surface area contributed by atoms with Crippen LogP contribution in [0.25, 0.3) is 0 Å². The van der Waals surface area contributed by atoms with Crippen LogP contribution in [0.5, 0.6) is 0 Å². The third-order valence-electron chi connectivity index (χ3n) is 9.28. The van der Waals surface area contributed by atoms with Crippen molar-refractivity contribution in [3.63, 3.8) is 0 Å². The van der Waals surface area contributed by atoms with Crippen molar-refractivity contribution in [2.45, 2.75) is 78.1 Å². The molecule has 1 N–H and O–H groups in total. The minimum atomic E-state index is 0.272. The number of rotatable bonds is 2. The van der Waals surface area contributed by atoms with Gasteiger partial charge in [-0.15, -0.1) is 0 Å². The van der Waals surface area contributed by atoms with E-state index in [1.165, 1.54) is 69.8 Å². The maximum atomic E-state index is 10.0. The Morgan fingerprint density at radius 2 is 1.83 bits per heavy atom. The summed E-state index contributed by atoms with van der Waals surface area (Å²) in [6.45, 7) is 9.72. The largest absolute Gasteiger partial charge is 0.396 e. The highest BCUT2D eigenvalue weighted by molar-refractivity contribution is 5.21. The minimum absolute atomic E-state index is 0.272. The second-order valence-electron chi connectivity index (χ2n) is 9.72. The van der Waals surface area contributed by atoms with Gasteiger partial charge >= 0.3 is 0 Å². The molecule has 4 aliphatic carbocycles. The van der Waals surface area contributed by atoms with Crippen molar-refractivity contribution in [1.29, 1.82) is 0 Å². The van der Waals surface area contributed by atoms with Crippen molar-refractivity contribution in [2.24, 2.45) is 40.4 Å². The van der Waals surface area contributed by atoms with Gasteiger partial charge in [0.1, 0.15) is 0 Å². The first-order valence-corrected chi connectivity index (χ1v) is 10.3. The van der Waals surface area contributed by atoms with E-state index in [9.17, 15) is 5.11 Å². The molecule has 1 heteroatoms. The van der Waals surface area contributed by atoms with E-state index < -0.39 is 0 Å². The average Bonchev–Trinajstić information content (AvgIpc) is 2.94. The molecule has 4 fully saturated rings. The molecule has 0 saturated heterocycles. The minimum Gasteiger partial charge on any atom is -0.396 e. The van der Waals surface area contributed by atoms with Crippen molar-refractivity contribution in [2.75, 3.05) is 6.61 Å². The summed E-state index contributed by atoms with van der Waals surface area (Å²) in [5.41, 5.74) is 2.28. The summed E-state index contributed by atoms with van der Waals surface area (Å²) in [6.07, 6.45) is 14.1. The second kappa shape index (κ2) is 5.61. The molecule has 1 nitrogen and oxygen atoms in total. The molecule has 0 aromatic rings. The Labute approximate surface area is 142 Å². The topological polar surface area (TPSA) is 20.2 Å². The van der Waals surface area contributed by atoms with Gasteiger partial charge in [0, 0.05) is 6.61 Å². The molecule has 0 aromatic carbocycles. The molecule has 0 radical (unpaired) electrons. The SMILES string of the molecule is C=C(C)[C@]12CC[C@H]3[C@@H](CC[C@H]4CCCC[C@@]43C)[C@@H]1CC[C@@H]2CO. The molecule has 0 unspecified atom stereocenters. The Kier molecular flexibility index (Phi) is 3.95. The van der Waals surface area contributed by atoms with Gasteiger partial charge in [0.2, 0.25) is 0 Å². The quantitative estimate of drug-likeness (QED) is 0.659. The lowest BCUT2D eigenvalue weighted by Gasteiger charge is -2.61. The van der Waals surface area contributed by atoms with E-state index in [4.69, 9.17) is 0 Å². The molecule has 0 amide bonds. The van der Waals surface area contributed by atoms with Crippen LogP contribution in [-0.4, -0.2) is 11.7 Å². The number of hydrogen-bond donors (Lipinski definition) is 1. The Balaban J connectivity index is 1.68. The Bertz CT molecular complexity index is 482. The normalized spacial score (nSPS) is 52.4. The van der Waals surface area contributed by atoms with Gasteiger partial charge in [-0.3, -0.25) is 0 Å². The molecule has 0 aromatic heterocycles. The highest BCUT2D eigenvalue weighted by Gasteiger charge is 2.61. The van der Waals surface area contributed by atoms with Crippen LogP contribution in [0.2, 0.25) is 0 Å². The van der Waals surface area contributed by atoms with Crippen molar-refractivity contribution >= 4 is 0 Å². The van der Waals surface area contributed by atoms with Gasteiger partial charge in [-0.25, -0.2) is 0 Å². The summed E-state index contributed by atoms with van der Waals surface area (Å²) in [7, 11) is 0. The summed E-state index contributed by atoms with van der Waals surface area (Å²) in [5.74, 6) is 4.18. The molecule has 23 heavy (non-hydrogen) atoms. The van der Waals surface area contributed by atoms with E-state index in [1.54, 1.807) is 0 Å². The molecule has 7 atom stereocenters. The Morgan fingerprint density at radius 1 is 1.00 bits per heavy atom. The average molecular weight is 317 g/mol. The molecule has 0 heterocycles. The van der Waals surface area contributed by atoms with Crippen molar-refractivity contribution in [3.8, 4) is 0 Å². The maximum absolute atomic E-state index is 10.0. The van der Waals surface area contributed by atoms with Crippen LogP contribution in [0.15, 0.2) is 12.2 Å².